The molecular weight excluding hydrogens is 482 g/mol. The SMILES string of the molecule is COc1ccc(CCN(C)C[CH]CC2(c3ccc4ccccc4c3)SCCCS2)cc1OC.Cl. The van der Waals surface area contributed by atoms with Crippen LogP contribution in [-0.4, -0.2) is 50.8 Å². The summed E-state index contributed by atoms with van der Waals surface area (Å²) in [7, 11) is 5.57. The van der Waals surface area contributed by atoms with Crippen LogP contribution in [0.3, 0.4) is 0 Å². The first-order chi connectivity index (χ1) is 16.1. The molecule has 0 atom stereocenters. The molecule has 0 unspecified atom stereocenters. The zero-order chi connectivity index (χ0) is 23.1. The summed E-state index contributed by atoms with van der Waals surface area (Å²) in [4.78, 5) is 2.41. The largest absolute Gasteiger partial charge is 0.493 e. The number of hydrogen-bond acceptors (Lipinski definition) is 5. The number of thioether (sulfide) groups is 2. The van der Waals surface area contributed by atoms with Gasteiger partial charge in [-0.1, -0.05) is 42.5 Å². The zero-order valence-corrected chi connectivity index (χ0v) is 22.7. The van der Waals surface area contributed by atoms with E-state index in [2.05, 4.69) is 96.5 Å². The Kier molecular flexibility index (Phi) is 10.3. The fourth-order valence-electron chi connectivity index (χ4n) is 4.33. The van der Waals surface area contributed by atoms with Gasteiger partial charge in [0.2, 0.25) is 0 Å². The normalized spacial score (nSPS) is 15.2. The van der Waals surface area contributed by atoms with Gasteiger partial charge in [0.05, 0.1) is 18.3 Å². The van der Waals surface area contributed by atoms with Crippen molar-refractivity contribution < 1.29 is 9.47 Å². The molecule has 1 aliphatic rings. The summed E-state index contributed by atoms with van der Waals surface area (Å²) in [6.45, 7) is 2.00. The van der Waals surface area contributed by atoms with Crippen molar-refractivity contribution in [1.82, 2.24) is 4.90 Å². The second-order valence-electron chi connectivity index (χ2n) is 8.56. The molecule has 0 N–H and O–H groups in total. The molecule has 3 nitrogen and oxygen atoms in total. The average Bonchev–Trinajstić information content (AvgIpc) is 2.87. The van der Waals surface area contributed by atoms with E-state index in [1.807, 2.05) is 6.07 Å². The van der Waals surface area contributed by atoms with Crippen LogP contribution in [0.25, 0.3) is 10.8 Å². The van der Waals surface area contributed by atoms with Crippen molar-refractivity contribution in [2.75, 3.05) is 45.9 Å². The Labute approximate surface area is 219 Å². The molecule has 1 fully saturated rings. The average molecular weight is 517 g/mol. The van der Waals surface area contributed by atoms with Gasteiger partial charge in [-0.2, -0.15) is 0 Å². The minimum atomic E-state index is 0. The van der Waals surface area contributed by atoms with E-state index in [1.165, 1.54) is 39.8 Å². The number of halogens is 1. The first kappa shape index (κ1) is 27.1. The monoisotopic (exact) mass is 516 g/mol. The molecule has 3 aromatic rings. The molecule has 183 valence electrons. The van der Waals surface area contributed by atoms with E-state index in [-0.39, 0.29) is 16.5 Å². The topological polar surface area (TPSA) is 21.7 Å². The van der Waals surface area contributed by atoms with Gasteiger partial charge in [0, 0.05) is 13.1 Å². The van der Waals surface area contributed by atoms with Gasteiger partial charge in [0.25, 0.3) is 0 Å². The maximum Gasteiger partial charge on any atom is 0.160 e. The molecule has 0 amide bonds. The predicted octanol–water partition coefficient (Wildman–Crippen LogP) is 7.07. The van der Waals surface area contributed by atoms with Crippen LogP contribution in [0.15, 0.2) is 60.7 Å². The van der Waals surface area contributed by atoms with E-state index < -0.39 is 0 Å². The molecule has 1 saturated heterocycles. The molecule has 4 rings (SSSR count). The zero-order valence-electron chi connectivity index (χ0n) is 20.3. The Morgan fingerprint density at radius 3 is 2.38 bits per heavy atom. The highest BCUT2D eigenvalue weighted by Gasteiger charge is 2.35. The van der Waals surface area contributed by atoms with E-state index >= 15 is 0 Å². The minimum Gasteiger partial charge on any atom is -0.493 e. The lowest BCUT2D eigenvalue weighted by atomic mass is 10.0. The molecule has 0 spiro atoms. The van der Waals surface area contributed by atoms with Crippen molar-refractivity contribution in [3.8, 4) is 11.5 Å². The van der Waals surface area contributed by atoms with Crippen LogP contribution < -0.4 is 9.47 Å². The molecule has 34 heavy (non-hydrogen) atoms. The third-order valence-electron chi connectivity index (χ3n) is 6.23. The van der Waals surface area contributed by atoms with E-state index in [0.29, 0.717) is 0 Å². The number of nitrogens with zero attached hydrogens (tertiary/aromatic N) is 1. The Balaban J connectivity index is 0.00000324. The first-order valence-corrected chi connectivity index (χ1v) is 13.6. The van der Waals surface area contributed by atoms with Crippen LogP contribution in [-0.2, 0) is 10.5 Å². The molecule has 6 heteroatoms. The van der Waals surface area contributed by atoms with Gasteiger partial charge >= 0.3 is 0 Å². The predicted molar refractivity (Wildman–Crippen MR) is 152 cm³/mol. The second kappa shape index (κ2) is 13.0. The Morgan fingerprint density at radius 2 is 1.65 bits per heavy atom. The van der Waals surface area contributed by atoms with Crippen LogP contribution in [0.2, 0.25) is 0 Å². The molecule has 1 aliphatic heterocycles. The van der Waals surface area contributed by atoms with Crippen molar-refractivity contribution in [3.05, 3.63) is 78.2 Å². The molecule has 0 aromatic heterocycles. The molecule has 0 saturated carbocycles. The smallest absolute Gasteiger partial charge is 0.160 e. The van der Waals surface area contributed by atoms with Gasteiger partial charge < -0.3 is 14.4 Å². The van der Waals surface area contributed by atoms with E-state index in [1.54, 1.807) is 14.2 Å². The molecular formula is C28H35ClNO2S2. The standard InChI is InChI=1S/C28H34NO2S2.ClH/c1-29(17-14-22-10-13-26(30-2)27(20-22)31-3)16-6-15-28(32-18-7-19-33-28)25-12-11-23-8-4-5-9-24(23)21-25;/h4-6,8-13,20-21H,7,14-19H2,1-3H3;1H. The number of rotatable bonds is 10. The molecule has 0 bridgehead atoms. The van der Waals surface area contributed by atoms with Crippen LogP contribution in [0.5, 0.6) is 11.5 Å². The van der Waals surface area contributed by atoms with E-state index in [0.717, 1.165) is 37.4 Å². The number of fused-ring (bicyclic) bond motifs is 1. The van der Waals surface area contributed by atoms with E-state index in [9.17, 15) is 0 Å². The Morgan fingerprint density at radius 1 is 0.912 bits per heavy atom. The molecule has 3 aromatic carbocycles. The summed E-state index contributed by atoms with van der Waals surface area (Å²) in [5.74, 6) is 4.06. The summed E-state index contributed by atoms with van der Waals surface area (Å²) >= 11 is 4.26. The third kappa shape index (κ3) is 6.57. The number of methoxy groups -OCH3 is 2. The van der Waals surface area contributed by atoms with Crippen LogP contribution in [0.4, 0.5) is 0 Å². The summed E-state index contributed by atoms with van der Waals surface area (Å²) in [6.07, 6.45) is 5.86. The maximum atomic E-state index is 5.45. The number of hydrogen-bond donors (Lipinski definition) is 0. The van der Waals surface area contributed by atoms with Crippen molar-refractivity contribution in [2.24, 2.45) is 0 Å². The van der Waals surface area contributed by atoms with Crippen molar-refractivity contribution in [3.63, 3.8) is 0 Å². The summed E-state index contributed by atoms with van der Waals surface area (Å²) < 4.78 is 10.9. The quantitative estimate of drug-likeness (QED) is 0.286. The Bertz CT molecular complexity index is 1060. The van der Waals surface area contributed by atoms with Gasteiger partial charge in [-0.05, 0) is 84.3 Å². The van der Waals surface area contributed by atoms with Gasteiger partial charge in [-0.3, -0.25) is 0 Å². The lowest BCUT2D eigenvalue weighted by Gasteiger charge is -2.37. The molecule has 0 aliphatic carbocycles. The van der Waals surface area contributed by atoms with Crippen molar-refractivity contribution in [2.45, 2.75) is 23.3 Å². The van der Waals surface area contributed by atoms with Crippen molar-refractivity contribution in [1.29, 1.82) is 0 Å². The van der Waals surface area contributed by atoms with Crippen LogP contribution in [0, 0.1) is 6.42 Å². The first-order valence-electron chi connectivity index (χ1n) is 11.6. The highest BCUT2D eigenvalue weighted by molar-refractivity contribution is 8.18. The molecule has 1 heterocycles. The fraction of sp³-hybridized carbons (Fsp3) is 0.393. The maximum absolute atomic E-state index is 5.45. The van der Waals surface area contributed by atoms with Gasteiger partial charge in [-0.15, -0.1) is 35.9 Å². The summed E-state index contributed by atoms with van der Waals surface area (Å²) in [6, 6.07) is 21.9. The lowest BCUT2D eigenvalue weighted by Crippen LogP contribution is -2.27. The number of ether oxygens (including phenoxy) is 2. The fourth-order valence-corrected chi connectivity index (χ4v) is 7.64. The lowest BCUT2D eigenvalue weighted by molar-refractivity contribution is 0.351. The molecule has 1 radical (unpaired) electrons. The Hall–Kier alpha value is -1.53. The van der Waals surface area contributed by atoms with Gasteiger partial charge in [0.1, 0.15) is 0 Å². The van der Waals surface area contributed by atoms with Gasteiger partial charge in [0.15, 0.2) is 11.5 Å². The second-order valence-corrected chi connectivity index (χ2v) is 11.6. The van der Waals surface area contributed by atoms with Gasteiger partial charge in [-0.25, -0.2) is 0 Å². The third-order valence-corrected chi connectivity index (χ3v) is 9.66. The number of benzene rings is 3. The minimum absolute atomic E-state index is 0. The van der Waals surface area contributed by atoms with Crippen LogP contribution >= 0.6 is 35.9 Å². The van der Waals surface area contributed by atoms with E-state index in [4.69, 9.17) is 9.47 Å². The highest BCUT2D eigenvalue weighted by atomic mass is 35.5. The van der Waals surface area contributed by atoms with Crippen LogP contribution in [0.1, 0.15) is 24.0 Å². The number of likely N-dealkylation sites (N-methyl/N-ethyl adjacent to an activating group) is 1. The van der Waals surface area contributed by atoms with Crippen molar-refractivity contribution >= 4 is 46.7 Å². The highest BCUT2D eigenvalue weighted by Crippen LogP contribution is 2.53. The summed E-state index contributed by atoms with van der Waals surface area (Å²) in [5.41, 5.74) is 2.73. The summed E-state index contributed by atoms with van der Waals surface area (Å²) in [5, 5.41) is 2.66.